The summed E-state index contributed by atoms with van der Waals surface area (Å²) in [6.45, 7) is 7.88. The van der Waals surface area contributed by atoms with Crippen LogP contribution in [0.5, 0.6) is 0 Å². The highest BCUT2D eigenvalue weighted by molar-refractivity contribution is 6.41. The van der Waals surface area contributed by atoms with Gasteiger partial charge in [-0.2, -0.15) is 0 Å². The van der Waals surface area contributed by atoms with Gasteiger partial charge in [0, 0.05) is 10.2 Å². The number of hydrogen-bond donors (Lipinski definition) is 0. The summed E-state index contributed by atoms with van der Waals surface area (Å²) in [5.41, 5.74) is 5.18. The van der Waals surface area contributed by atoms with Gasteiger partial charge in [0.05, 0.1) is 0 Å². The van der Waals surface area contributed by atoms with E-state index in [0.29, 0.717) is 0 Å². The first-order valence-electron chi connectivity index (χ1n) is 6.16. The maximum Gasteiger partial charge on any atom is 0.0385 e. The molecule has 0 amide bonds. The van der Waals surface area contributed by atoms with Gasteiger partial charge in [0.25, 0.3) is 0 Å². The molecule has 0 atom stereocenters. The molecule has 0 bridgehead atoms. The second-order valence-electron chi connectivity index (χ2n) is 4.56. The molecule has 0 saturated heterocycles. The third-order valence-electron chi connectivity index (χ3n) is 3.09. The predicted octanol–water partition coefficient (Wildman–Crippen LogP) is 3.26. The Hall–Kier alpha value is -1.86. The third kappa shape index (κ3) is 2.87. The molecule has 0 radical (unpaired) electrons. The van der Waals surface area contributed by atoms with E-state index < -0.39 is 0 Å². The van der Waals surface area contributed by atoms with Gasteiger partial charge < -0.3 is 0 Å². The van der Waals surface area contributed by atoms with Crippen LogP contribution < -0.4 is 0 Å². The van der Waals surface area contributed by atoms with E-state index in [1.807, 2.05) is 6.08 Å². The highest BCUT2D eigenvalue weighted by Crippen LogP contribution is 2.19. The number of hydrogen-bond acceptors (Lipinski definition) is 0. The van der Waals surface area contributed by atoms with Crippen molar-refractivity contribution in [2.45, 2.75) is 6.42 Å². The largest absolute Gasteiger partial charge is 0.100 e. The molecule has 0 heterocycles. The van der Waals surface area contributed by atoms with Gasteiger partial charge in [-0.05, 0) is 28.7 Å². The second-order valence-corrected chi connectivity index (χ2v) is 5.77. The smallest absolute Gasteiger partial charge is 0.0385 e. The third-order valence-corrected chi connectivity index (χ3v) is 3.63. The lowest BCUT2D eigenvalue weighted by Gasteiger charge is -2.09. The number of benzene rings is 2. The molecule has 0 aliphatic rings. The molecule has 0 N–H and O–H groups in total. The van der Waals surface area contributed by atoms with Crippen LogP contribution in [0.1, 0.15) is 22.3 Å². The van der Waals surface area contributed by atoms with Crippen LogP contribution in [0.25, 0.3) is 11.3 Å². The van der Waals surface area contributed by atoms with Crippen molar-refractivity contribution < 1.29 is 0 Å². The molecule has 0 saturated carbocycles. The zero-order valence-corrected chi connectivity index (χ0v) is 12.8. The molecule has 0 nitrogen and oxygen atoms in total. The minimum absolute atomic E-state index is 0.967. The Kier molecular flexibility index (Phi) is 3.95. The van der Waals surface area contributed by atoms with Crippen molar-refractivity contribution >= 4 is 21.5 Å². The highest BCUT2D eigenvalue weighted by Gasteiger charge is 2.03. The molecule has 1 heteroatoms. The van der Waals surface area contributed by atoms with Crippen molar-refractivity contribution in [2.75, 3.05) is 0 Å². The Labute approximate surface area is 112 Å². The molecule has 90 valence electrons. The molecule has 0 spiro atoms. The first-order valence-corrected chi connectivity index (χ1v) is 7.16. The molecular weight excluding hydrogens is 232 g/mol. The van der Waals surface area contributed by atoms with Crippen molar-refractivity contribution in [1.29, 1.82) is 0 Å². The summed E-state index contributed by atoms with van der Waals surface area (Å²) in [6, 6.07) is 17.1. The maximum atomic E-state index is 4.10. The van der Waals surface area contributed by atoms with Gasteiger partial charge in [-0.1, -0.05) is 66.4 Å². The average molecular weight is 250 g/mol. The van der Waals surface area contributed by atoms with Crippen LogP contribution in [0.2, 0.25) is 0 Å². The standard InChI is InChI=1S/C17H18Si/c1-3-14-8-10-15(11-9-14)12-16-6-4-5-7-17(16)13(2)18/h3-11H,1-2,12H2,18H3. The summed E-state index contributed by atoms with van der Waals surface area (Å²) in [6.07, 6.45) is 2.84. The van der Waals surface area contributed by atoms with Gasteiger partial charge in [0.1, 0.15) is 0 Å². The van der Waals surface area contributed by atoms with Crippen LogP contribution in [0.4, 0.5) is 0 Å². The maximum absolute atomic E-state index is 4.10. The molecule has 0 aliphatic heterocycles. The van der Waals surface area contributed by atoms with Crippen molar-refractivity contribution in [3.05, 3.63) is 83.9 Å². The van der Waals surface area contributed by atoms with Crippen LogP contribution in [0.15, 0.2) is 61.7 Å². The topological polar surface area (TPSA) is 0 Å². The van der Waals surface area contributed by atoms with Crippen molar-refractivity contribution in [3.63, 3.8) is 0 Å². The summed E-state index contributed by atoms with van der Waals surface area (Å²) in [5.74, 6) is 0. The Morgan fingerprint density at radius 1 is 1.06 bits per heavy atom. The molecule has 2 aromatic carbocycles. The fourth-order valence-corrected chi connectivity index (χ4v) is 2.57. The normalized spacial score (nSPS) is 10.2. The van der Waals surface area contributed by atoms with E-state index in [1.165, 1.54) is 27.5 Å². The zero-order chi connectivity index (χ0) is 13.0. The van der Waals surface area contributed by atoms with E-state index in [0.717, 1.165) is 16.7 Å². The Morgan fingerprint density at radius 3 is 2.33 bits per heavy atom. The quantitative estimate of drug-likeness (QED) is 0.731. The van der Waals surface area contributed by atoms with Crippen LogP contribution in [0, 0.1) is 0 Å². The van der Waals surface area contributed by atoms with Crippen molar-refractivity contribution in [1.82, 2.24) is 0 Å². The Bertz CT molecular complexity index is 564. The van der Waals surface area contributed by atoms with Gasteiger partial charge in [-0.15, -0.1) is 6.58 Å². The first-order chi connectivity index (χ1) is 8.70. The van der Waals surface area contributed by atoms with Gasteiger partial charge in [0.15, 0.2) is 0 Å². The van der Waals surface area contributed by atoms with Crippen molar-refractivity contribution in [2.24, 2.45) is 0 Å². The molecule has 2 rings (SSSR count). The van der Waals surface area contributed by atoms with Gasteiger partial charge in [-0.25, -0.2) is 0 Å². The monoisotopic (exact) mass is 250 g/mol. The molecular formula is C17H18Si. The van der Waals surface area contributed by atoms with E-state index in [9.17, 15) is 0 Å². The zero-order valence-electron chi connectivity index (χ0n) is 10.8. The Morgan fingerprint density at radius 2 is 1.72 bits per heavy atom. The summed E-state index contributed by atoms with van der Waals surface area (Å²) >= 11 is 0. The predicted molar refractivity (Wildman–Crippen MR) is 84.8 cm³/mol. The minimum atomic E-state index is 0.967. The van der Waals surface area contributed by atoms with E-state index >= 15 is 0 Å². The van der Waals surface area contributed by atoms with E-state index in [1.54, 1.807) is 0 Å². The fraction of sp³-hybridized carbons (Fsp3) is 0.0588. The van der Waals surface area contributed by atoms with E-state index in [-0.39, 0.29) is 0 Å². The summed E-state index contributed by atoms with van der Waals surface area (Å²) < 4.78 is 0. The second kappa shape index (κ2) is 5.65. The first kappa shape index (κ1) is 12.6. The Balaban J connectivity index is 2.28. The fourth-order valence-electron chi connectivity index (χ4n) is 2.08. The van der Waals surface area contributed by atoms with Gasteiger partial charge in [-0.3, -0.25) is 0 Å². The van der Waals surface area contributed by atoms with Crippen LogP contribution in [-0.2, 0) is 6.42 Å². The van der Waals surface area contributed by atoms with Crippen LogP contribution in [-0.4, -0.2) is 10.2 Å². The summed E-state index contributed by atoms with van der Waals surface area (Å²) in [4.78, 5) is 0. The van der Waals surface area contributed by atoms with Crippen molar-refractivity contribution in [3.8, 4) is 0 Å². The van der Waals surface area contributed by atoms with E-state index in [4.69, 9.17) is 0 Å². The van der Waals surface area contributed by atoms with Crippen LogP contribution in [0.3, 0.4) is 0 Å². The molecule has 0 aliphatic carbocycles. The SMILES string of the molecule is C=Cc1ccc(Cc2ccccc2C(=C)[SiH3])cc1. The molecule has 0 aromatic heterocycles. The van der Waals surface area contributed by atoms with Gasteiger partial charge in [0.2, 0.25) is 0 Å². The lowest BCUT2D eigenvalue weighted by molar-refractivity contribution is 1.18. The van der Waals surface area contributed by atoms with E-state index in [2.05, 4.69) is 61.7 Å². The minimum Gasteiger partial charge on any atom is -0.100 e. The highest BCUT2D eigenvalue weighted by atomic mass is 28.1. The average Bonchev–Trinajstić information content (AvgIpc) is 2.40. The number of rotatable bonds is 4. The molecule has 0 unspecified atom stereocenters. The van der Waals surface area contributed by atoms with Gasteiger partial charge >= 0.3 is 0 Å². The van der Waals surface area contributed by atoms with Crippen LogP contribution >= 0.6 is 0 Å². The molecule has 18 heavy (non-hydrogen) atoms. The summed E-state index contributed by atoms with van der Waals surface area (Å²) in [5, 5.41) is 1.26. The lowest BCUT2D eigenvalue weighted by atomic mass is 9.99. The molecule has 0 fully saturated rings. The summed E-state index contributed by atoms with van der Waals surface area (Å²) in [7, 11) is 1.01. The molecule has 2 aromatic rings. The lowest BCUT2D eigenvalue weighted by Crippen LogP contribution is -1.94.